The van der Waals surface area contributed by atoms with E-state index < -0.39 is 0 Å². The van der Waals surface area contributed by atoms with Gasteiger partial charge in [0.1, 0.15) is 0 Å². The molecule has 1 aliphatic heterocycles. The average Bonchev–Trinajstić information content (AvgIpc) is 2.38. The van der Waals surface area contributed by atoms with Crippen LogP contribution in [0.15, 0.2) is 23.1 Å². The number of aromatic amines is 1. The minimum absolute atomic E-state index is 0.107. The molecule has 0 aromatic carbocycles. The Labute approximate surface area is 106 Å². The summed E-state index contributed by atoms with van der Waals surface area (Å²) in [6.07, 6.45) is 3.35. The number of aromatic nitrogens is 1. The lowest BCUT2D eigenvalue weighted by Gasteiger charge is -2.33. The summed E-state index contributed by atoms with van der Waals surface area (Å²) in [5.74, 6) is -0.154. The molecule has 1 saturated heterocycles. The standard InChI is InChI=1S/C13H18N2O3/c1-13(4-6-18-7-5-13)9-15-12(17)10-2-3-11(16)14-8-10/h2-3,8H,4-7,9H2,1H3,(H,14,16)(H,15,17). The van der Waals surface area contributed by atoms with E-state index in [-0.39, 0.29) is 16.9 Å². The molecule has 0 unspecified atom stereocenters. The zero-order valence-corrected chi connectivity index (χ0v) is 10.5. The fraction of sp³-hybridized carbons (Fsp3) is 0.538. The van der Waals surface area contributed by atoms with E-state index in [0.717, 1.165) is 26.1 Å². The molecule has 0 aliphatic carbocycles. The lowest BCUT2D eigenvalue weighted by atomic mass is 9.82. The van der Waals surface area contributed by atoms with Crippen molar-refractivity contribution < 1.29 is 9.53 Å². The number of pyridine rings is 1. The van der Waals surface area contributed by atoms with Crippen LogP contribution in [-0.2, 0) is 4.74 Å². The van der Waals surface area contributed by atoms with E-state index in [1.54, 1.807) is 0 Å². The van der Waals surface area contributed by atoms with Crippen LogP contribution in [0.1, 0.15) is 30.1 Å². The van der Waals surface area contributed by atoms with E-state index >= 15 is 0 Å². The first-order valence-electron chi connectivity index (χ1n) is 6.14. The lowest BCUT2D eigenvalue weighted by molar-refractivity contribution is 0.0238. The van der Waals surface area contributed by atoms with E-state index in [0.29, 0.717) is 12.1 Å². The predicted octanol–water partition coefficient (Wildman–Crippen LogP) is 0.921. The highest BCUT2D eigenvalue weighted by atomic mass is 16.5. The van der Waals surface area contributed by atoms with Gasteiger partial charge in [0.25, 0.3) is 5.91 Å². The fourth-order valence-corrected chi connectivity index (χ4v) is 1.99. The maximum absolute atomic E-state index is 11.9. The van der Waals surface area contributed by atoms with Crippen LogP contribution in [-0.4, -0.2) is 30.6 Å². The van der Waals surface area contributed by atoms with Gasteiger partial charge in [-0.05, 0) is 24.3 Å². The van der Waals surface area contributed by atoms with Crippen molar-refractivity contribution in [1.29, 1.82) is 0 Å². The van der Waals surface area contributed by atoms with Gasteiger partial charge in [0.2, 0.25) is 5.56 Å². The highest BCUT2D eigenvalue weighted by Crippen LogP contribution is 2.28. The molecule has 1 amide bonds. The summed E-state index contributed by atoms with van der Waals surface area (Å²) in [6.45, 7) is 4.30. The van der Waals surface area contributed by atoms with Crippen molar-refractivity contribution in [3.05, 3.63) is 34.2 Å². The second-order valence-electron chi connectivity index (χ2n) is 5.05. The van der Waals surface area contributed by atoms with E-state index in [1.165, 1.54) is 18.3 Å². The molecule has 0 bridgehead atoms. The van der Waals surface area contributed by atoms with Gasteiger partial charge in [-0.25, -0.2) is 0 Å². The number of H-pyrrole nitrogens is 1. The third-order valence-corrected chi connectivity index (χ3v) is 3.42. The van der Waals surface area contributed by atoms with E-state index in [2.05, 4.69) is 17.2 Å². The van der Waals surface area contributed by atoms with Crippen molar-refractivity contribution >= 4 is 5.91 Å². The smallest absolute Gasteiger partial charge is 0.252 e. The highest BCUT2D eigenvalue weighted by molar-refractivity contribution is 5.93. The number of carbonyl (C=O) groups is 1. The van der Waals surface area contributed by atoms with E-state index in [9.17, 15) is 9.59 Å². The predicted molar refractivity (Wildman–Crippen MR) is 67.6 cm³/mol. The Morgan fingerprint density at radius 2 is 2.17 bits per heavy atom. The summed E-state index contributed by atoms with van der Waals surface area (Å²) in [6, 6.07) is 2.88. The molecule has 18 heavy (non-hydrogen) atoms. The van der Waals surface area contributed by atoms with Gasteiger partial charge in [0.15, 0.2) is 0 Å². The molecule has 2 rings (SSSR count). The molecule has 0 radical (unpaired) electrons. The van der Waals surface area contributed by atoms with Crippen LogP contribution in [0.5, 0.6) is 0 Å². The number of nitrogens with one attached hydrogen (secondary N) is 2. The van der Waals surface area contributed by atoms with Gasteiger partial charge in [-0.15, -0.1) is 0 Å². The molecule has 0 saturated carbocycles. The Hall–Kier alpha value is -1.62. The summed E-state index contributed by atoms with van der Waals surface area (Å²) in [5.41, 5.74) is 0.379. The highest BCUT2D eigenvalue weighted by Gasteiger charge is 2.27. The third-order valence-electron chi connectivity index (χ3n) is 3.42. The third kappa shape index (κ3) is 3.20. The van der Waals surface area contributed by atoms with Crippen LogP contribution in [0.3, 0.4) is 0 Å². The number of hydrogen-bond donors (Lipinski definition) is 2. The maximum Gasteiger partial charge on any atom is 0.252 e. The molecule has 5 nitrogen and oxygen atoms in total. The number of ether oxygens (including phenoxy) is 1. The largest absolute Gasteiger partial charge is 0.381 e. The van der Waals surface area contributed by atoms with E-state index in [1.807, 2.05) is 0 Å². The van der Waals surface area contributed by atoms with Crippen LogP contribution in [0, 0.1) is 5.41 Å². The zero-order chi connectivity index (χ0) is 13.0. The van der Waals surface area contributed by atoms with Crippen molar-refractivity contribution in [2.75, 3.05) is 19.8 Å². The van der Waals surface area contributed by atoms with Gasteiger partial charge in [-0.3, -0.25) is 9.59 Å². The Morgan fingerprint density at radius 3 is 2.78 bits per heavy atom. The molecule has 0 atom stereocenters. The number of carbonyl (C=O) groups excluding carboxylic acids is 1. The average molecular weight is 250 g/mol. The number of amides is 1. The van der Waals surface area contributed by atoms with Crippen LogP contribution >= 0.6 is 0 Å². The van der Waals surface area contributed by atoms with Gasteiger partial charge in [0.05, 0.1) is 5.56 Å². The summed E-state index contributed by atoms with van der Waals surface area (Å²) in [4.78, 5) is 25.3. The SMILES string of the molecule is CC1(CNC(=O)c2ccc(=O)[nH]c2)CCOCC1. The molecule has 2 heterocycles. The number of hydrogen-bond acceptors (Lipinski definition) is 3. The summed E-state index contributed by atoms with van der Waals surface area (Å²) >= 11 is 0. The molecular formula is C13H18N2O3. The first-order valence-corrected chi connectivity index (χ1v) is 6.14. The fourth-order valence-electron chi connectivity index (χ4n) is 1.99. The van der Waals surface area contributed by atoms with E-state index in [4.69, 9.17) is 4.74 Å². The topological polar surface area (TPSA) is 71.2 Å². The Morgan fingerprint density at radius 1 is 1.44 bits per heavy atom. The van der Waals surface area contributed by atoms with Crippen molar-refractivity contribution in [1.82, 2.24) is 10.3 Å². The summed E-state index contributed by atoms with van der Waals surface area (Å²) in [7, 11) is 0. The van der Waals surface area contributed by atoms with Gasteiger partial charge >= 0.3 is 0 Å². The molecule has 98 valence electrons. The Balaban J connectivity index is 1.91. The molecule has 1 aromatic heterocycles. The van der Waals surface area contributed by atoms with Gasteiger partial charge in [-0.1, -0.05) is 6.92 Å². The molecule has 1 fully saturated rings. The van der Waals surface area contributed by atoms with Gasteiger partial charge in [0, 0.05) is 32.0 Å². The Kier molecular flexibility index (Phi) is 3.81. The quantitative estimate of drug-likeness (QED) is 0.838. The summed E-state index contributed by atoms with van der Waals surface area (Å²) < 4.78 is 5.32. The first kappa shape index (κ1) is 12.8. The normalized spacial score (nSPS) is 18.3. The maximum atomic E-state index is 11.9. The van der Waals surface area contributed by atoms with Crippen molar-refractivity contribution in [2.24, 2.45) is 5.41 Å². The second kappa shape index (κ2) is 5.35. The second-order valence-corrected chi connectivity index (χ2v) is 5.05. The molecule has 1 aliphatic rings. The van der Waals surface area contributed by atoms with Crippen molar-refractivity contribution in [2.45, 2.75) is 19.8 Å². The molecule has 2 N–H and O–H groups in total. The Bertz CT molecular complexity index is 455. The van der Waals surface area contributed by atoms with Crippen LogP contribution < -0.4 is 10.9 Å². The van der Waals surface area contributed by atoms with Gasteiger partial charge in [-0.2, -0.15) is 0 Å². The minimum Gasteiger partial charge on any atom is -0.381 e. The monoisotopic (exact) mass is 250 g/mol. The van der Waals surface area contributed by atoms with Crippen molar-refractivity contribution in [3.63, 3.8) is 0 Å². The molecule has 0 spiro atoms. The summed E-state index contributed by atoms with van der Waals surface area (Å²) in [5, 5.41) is 2.91. The molecule has 5 heteroatoms. The molecular weight excluding hydrogens is 232 g/mol. The lowest BCUT2D eigenvalue weighted by Crippen LogP contribution is -2.39. The molecule has 1 aromatic rings. The van der Waals surface area contributed by atoms with Crippen LogP contribution in [0.2, 0.25) is 0 Å². The van der Waals surface area contributed by atoms with Crippen molar-refractivity contribution in [3.8, 4) is 0 Å². The van der Waals surface area contributed by atoms with Crippen LogP contribution in [0.25, 0.3) is 0 Å². The van der Waals surface area contributed by atoms with Crippen LogP contribution in [0.4, 0.5) is 0 Å². The zero-order valence-electron chi connectivity index (χ0n) is 10.5. The van der Waals surface area contributed by atoms with Gasteiger partial charge < -0.3 is 15.0 Å². The minimum atomic E-state index is -0.206. The first-order chi connectivity index (χ1) is 8.59. The number of rotatable bonds is 3.